The molecule has 0 spiro atoms. The summed E-state index contributed by atoms with van der Waals surface area (Å²) in [6.07, 6.45) is 5.18. The monoisotopic (exact) mass is 367 g/mol. The van der Waals surface area contributed by atoms with Gasteiger partial charge in [-0.3, -0.25) is 14.9 Å². The molecule has 3 heterocycles. The van der Waals surface area contributed by atoms with Crippen molar-refractivity contribution >= 4 is 22.6 Å². The van der Waals surface area contributed by atoms with E-state index in [-0.39, 0.29) is 17.4 Å². The van der Waals surface area contributed by atoms with E-state index >= 15 is 0 Å². The molecule has 0 saturated carbocycles. The molecule has 1 fully saturated rings. The number of hydrogen-bond donors (Lipinski definition) is 2. The van der Waals surface area contributed by atoms with Gasteiger partial charge in [0, 0.05) is 23.6 Å². The van der Waals surface area contributed by atoms with Gasteiger partial charge < -0.3 is 10.2 Å². The number of benzene rings is 1. The number of fused-ring (bicyclic) bond motifs is 1. The fourth-order valence-corrected chi connectivity index (χ4v) is 3.47. The number of amides is 1. The number of nitrogens with zero attached hydrogens (tertiary/aromatic N) is 3. The number of likely N-dealkylation sites (tertiary alicyclic amines) is 1. The number of para-hydroxylation sites is 1. The lowest BCUT2D eigenvalue weighted by atomic mass is 10.1. The van der Waals surface area contributed by atoms with E-state index in [1.165, 1.54) is 12.8 Å². The summed E-state index contributed by atoms with van der Waals surface area (Å²) in [5.74, 6) is -0.855. The molecule has 0 aliphatic carbocycles. The predicted octanol–water partition coefficient (Wildman–Crippen LogP) is 3.58. The molecule has 6 nitrogen and oxygen atoms in total. The Labute approximate surface area is 156 Å². The van der Waals surface area contributed by atoms with E-state index in [0.29, 0.717) is 12.0 Å². The quantitative estimate of drug-likeness (QED) is 0.698. The number of carbonyl (C=O) groups excluding carboxylic acids is 1. The van der Waals surface area contributed by atoms with Gasteiger partial charge in [0.2, 0.25) is 5.91 Å². The Kier molecular flexibility index (Phi) is 5.11. The summed E-state index contributed by atoms with van der Waals surface area (Å²) in [6.45, 7) is 3.13. The fourth-order valence-electron chi connectivity index (χ4n) is 3.47. The normalized spacial score (nSPS) is 14.7. The Bertz CT molecular complexity index is 948. The van der Waals surface area contributed by atoms with Gasteiger partial charge in [-0.1, -0.05) is 18.2 Å². The van der Waals surface area contributed by atoms with Gasteiger partial charge >= 0.3 is 0 Å². The van der Waals surface area contributed by atoms with Crippen LogP contribution in [-0.4, -0.2) is 45.6 Å². The molecule has 1 amide bonds. The first-order valence-corrected chi connectivity index (χ1v) is 9.32. The van der Waals surface area contributed by atoms with E-state index < -0.39 is 5.82 Å². The SMILES string of the molecule is O=C(CCCN1CCCC1)Nc1n[nH]c(-c2cnc3ccccc3c2)c1F. The zero-order valence-electron chi connectivity index (χ0n) is 15.0. The zero-order valence-corrected chi connectivity index (χ0v) is 15.0. The first-order chi connectivity index (χ1) is 13.2. The van der Waals surface area contributed by atoms with Crippen LogP contribution in [0.3, 0.4) is 0 Å². The van der Waals surface area contributed by atoms with Crippen LogP contribution >= 0.6 is 0 Å². The number of carbonyl (C=O) groups is 1. The summed E-state index contributed by atoms with van der Waals surface area (Å²) in [5.41, 5.74) is 1.65. The van der Waals surface area contributed by atoms with Crippen LogP contribution in [0.5, 0.6) is 0 Å². The fraction of sp³-hybridized carbons (Fsp3) is 0.350. The van der Waals surface area contributed by atoms with E-state index in [9.17, 15) is 9.18 Å². The smallest absolute Gasteiger partial charge is 0.225 e. The number of halogens is 1. The largest absolute Gasteiger partial charge is 0.307 e. The highest BCUT2D eigenvalue weighted by atomic mass is 19.1. The van der Waals surface area contributed by atoms with Gasteiger partial charge in [-0.15, -0.1) is 0 Å². The Balaban J connectivity index is 1.41. The molecule has 1 aliphatic heterocycles. The van der Waals surface area contributed by atoms with E-state index in [0.717, 1.165) is 37.0 Å². The van der Waals surface area contributed by atoms with Crippen molar-refractivity contribution in [2.75, 3.05) is 25.0 Å². The average molecular weight is 367 g/mol. The van der Waals surface area contributed by atoms with Gasteiger partial charge in [-0.05, 0) is 51.0 Å². The van der Waals surface area contributed by atoms with Crippen LogP contribution in [0.1, 0.15) is 25.7 Å². The van der Waals surface area contributed by atoms with Crippen LogP contribution in [0.2, 0.25) is 0 Å². The Morgan fingerprint density at radius 2 is 2.07 bits per heavy atom. The van der Waals surface area contributed by atoms with Gasteiger partial charge in [0.05, 0.1) is 5.52 Å². The van der Waals surface area contributed by atoms with Gasteiger partial charge in [-0.25, -0.2) is 4.39 Å². The standard InChI is InChI=1S/C20H22FN5O/c21-18-19(15-12-14-6-1-2-7-16(14)22-13-15)24-25-20(18)23-17(27)8-5-11-26-9-3-4-10-26/h1-2,6-7,12-13H,3-5,8-11H2,(H2,23,24,25,27). The number of hydrogen-bond acceptors (Lipinski definition) is 4. The van der Waals surface area contributed by atoms with Crippen molar-refractivity contribution in [3.05, 3.63) is 42.3 Å². The molecule has 3 aromatic rings. The topological polar surface area (TPSA) is 73.9 Å². The number of aromatic amines is 1. The van der Waals surface area contributed by atoms with Crippen LogP contribution in [-0.2, 0) is 4.79 Å². The van der Waals surface area contributed by atoms with E-state index in [1.807, 2.05) is 30.3 Å². The first-order valence-electron chi connectivity index (χ1n) is 9.32. The second kappa shape index (κ2) is 7.84. The van der Waals surface area contributed by atoms with Crippen molar-refractivity contribution < 1.29 is 9.18 Å². The maximum Gasteiger partial charge on any atom is 0.225 e. The summed E-state index contributed by atoms with van der Waals surface area (Å²) in [5, 5.41) is 10.1. The molecular weight excluding hydrogens is 345 g/mol. The van der Waals surface area contributed by atoms with Crippen molar-refractivity contribution in [2.24, 2.45) is 0 Å². The minimum absolute atomic E-state index is 0.0654. The lowest BCUT2D eigenvalue weighted by Gasteiger charge is -2.13. The third-order valence-electron chi connectivity index (χ3n) is 4.92. The summed E-state index contributed by atoms with van der Waals surface area (Å²) in [7, 11) is 0. The van der Waals surface area contributed by atoms with Crippen LogP contribution in [0.15, 0.2) is 36.5 Å². The number of aromatic nitrogens is 3. The molecule has 0 bridgehead atoms. The molecule has 0 unspecified atom stereocenters. The lowest BCUT2D eigenvalue weighted by Crippen LogP contribution is -2.22. The Hall–Kier alpha value is -2.80. The number of anilines is 1. The van der Waals surface area contributed by atoms with Gasteiger partial charge in [0.1, 0.15) is 5.69 Å². The van der Waals surface area contributed by atoms with Crippen molar-refractivity contribution in [3.8, 4) is 11.3 Å². The highest BCUT2D eigenvalue weighted by Crippen LogP contribution is 2.27. The molecule has 4 rings (SSSR count). The number of H-pyrrole nitrogens is 1. The number of nitrogens with one attached hydrogen (secondary N) is 2. The number of pyridine rings is 1. The average Bonchev–Trinajstić information content (AvgIpc) is 3.32. The van der Waals surface area contributed by atoms with Gasteiger partial charge in [0.25, 0.3) is 0 Å². The zero-order chi connectivity index (χ0) is 18.6. The molecule has 140 valence electrons. The Morgan fingerprint density at radius 1 is 1.26 bits per heavy atom. The van der Waals surface area contributed by atoms with Gasteiger partial charge in [-0.2, -0.15) is 5.10 Å². The molecule has 27 heavy (non-hydrogen) atoms. The highest BCUT2D eigenvalue weighted by molar-refractivity contribution is 5.91. The van der Waals surface area contributed by atoms with Crippen LogP contribution in [0, 0.1) is 5.82 Å². The highest BCUT2D eigenvalue weighted by Gasteiger charge is 2.18. The third kappa shape index (κ3) is 3.98. The minimum atomic E-state index is -0.569. The maximum absolute atomic E-state index is 14.7. The van der Waals surface area contributed by atoms with Crippen LogP contribution < -0.4 is 5.32 Å². The van der Waals surface area contributed by atoms with Crippen molar-refractivity contribution in [1.29, 1.82) is 0 Å². The summed E-state index contributed by atoms with van der Waals surface area (Å²) < 4.78 is 14.7. The molecule has 0 atom stereocenters. The molecule has 0 radical (unpaired) electrons. The predicted molar refractivity (Wildman–Crippen MR) is 103 cm³/mol. The molecule has 2 N–H and O–H groups in total. The number of rotatable bonds is 6. The minimum Gasteiger partial charge on any atom is -0.307 e. The third-order valence-corrected chi connectivity index (χ3v) is 4.92. The first kappa shape index (κ1) is 17.6. The van der Waals surface area contributed by atoms with Crippen molar-refractivity contribution in [1.82, 2.24) is 20.1 Å². The van der Waals surface area contributed by atoms with E-state index in [2.05, 4.69) is 25.4 Å². The molecule has 1 aliphatic rings. The molecule has 1 saturated heterocycles. The van der Waals surface area contributed by atoms with E-state index in [1.54, 1.807) is 6.20 Å². The summed E-state index contributed by atoms with van der Waals surface area (Å²) in [4.78, 5) is 18.8. The van der Waals surface area contributed by atoms with Crippen LogP contribution in [0.4, 0.5) is 10.2 Å². The maximum atomic E-state index is 14.7. The summed E-state index contributed by atoms with van der Waals surface area (Å²) in [6, 6.07) is 9.48. The second-order valence-electron chi connectivity index (χ2n) is 6.88. The van der Waals surface area contributed by atoms with Crippen molar-refractivity contribution in [2.45, 2.75) is 25.7 Å². The van der Waals surface area contributed by atoms with E-state index in [4.69, 9.17) is 0 Å². The van der Waals surface area contributed by atoms with Gasteiger partial charge in [0.15, 0.2) is 11.6 Å². The molecule has 1 aromatic carbocycles. The summed E-state index contributed by atoms with van der Waals surface area (Å²) >= 11 is 0. The van der Waals surface area contributed by atoms with Crippen molar-refractivity contribution in [3.63, 3.8) is 0 Å². The molecule has 7 heteroatoms. The Morgan fingerprint density at radius 3 is 2.93 bits per heavy atom. The molecule has 2 aromatic heterocycles. The lowest BCUT2D eigenvalue weighted by molar-refractivity contribution is -0.116. The van der Waals surface area contributed by atoms with Crippen LogP contribution in [0.25, 0.3) is 22.2 Å². The molecular formula is C20H22FN5O. The second-order valence-corrected chi connectivity index (χ2v) is 6.88.